The number of aliphatic hydroxyl groups excluding tert-OH is 1. The minimum Gasteiger partial charge on any atom is -0.493 e. The van der Waals surface area contributed by atoms with Crippen LogP contribution in [0.1, 0.15) is 43.2 Å². The van der Waals surface area contributed by atoms with Crippen LogP contribution in [0.25, 0.3) is 0 Å². The maximum atomic E-state index is 10.5. The van der Waals surface area contributed by atoms with Gasteiger partial charge in [0.1, 0.15) is 5.75 Å². The average molecular weight is 351 g/mol. The van der Waals surface area contributed by atoms with Crippen LogP contribution in [0, 0.1) is 17.8 Å². The minimum atomic E-state index is -0.225. The van der Waals surface area contributed by atoms with Gasteiger partial charge in [-0.1, -0.05) is 22.4 Å². The molecule has 2 saturated carbocycles. The summed E-state index contributed by atoms with van der Waals surface area (Å²) in [4.78, 5) is 0. The fraction of sp³-hybridized carbons (Fsp3) is 0.667. The highest BCUT2D eigenvalue weighted by molar-refractivity contribution is 9.10. The second kappa shape index (κ2) is 5.58. The van der Waals surface area contributed by atoms with Gasteiger partial charge in [-0.15, -0.1) is 0 Å². The van der Waals surface area contributed by atoms with Gasteiger partial charge in [0.05, 0.1) is 12.7 Å². The van der Waals surface area contributed by atoms with Gasteiger partial charge in [0.15, 0.2) is 0 Å². The number of aliphatic hydroxyl groups is 1. The van der Waals surface area contributed by atoms with Crippen LogP contribution in [0.5, 0.6) is 5.75 Å². The molecule has 114 valence electrons. The summed E-state index contributed by atoms with van der Waals surface area (Å²) in [6.45, 7) is 0.779. The molecule has 2 aliphatic carbocycles. The molecule has 1 aromatic carbocycles. The highest BCUT2D eigenvalue weighted by Crippen LogP contribution is 2.50. The van der Waals surface area contributed by atoms with Crippen molar-refractivity contribution in [1.82, 2.24) is 0 Å². The van der Waals surface area contributed by atoms with Crippen molar-refractivity contribution in [1.29, 1.82) is 0 Å². The molecule has 2 nitrogen and oxygen atoms in total. The SMILES string of the molecule is OC(Cc1cc(Br)cc2c1OCC2)CC1CC2CCC1C2. The number of hydrogen-bond acceptors (Lipinski definition) is 2. The molecule has 0 aromatic heterocycles. The number of hydrogen-bond donors (Lipinski definition) is 1. The Labute approximate surface area is 135 Å². The van der Waals surface area contributed by atoms with E-state index < -0.39 is 0 Å². The summed E-state index contributed by atoms with van der Waals surface area (Å²) in [6, 6.07) is 4.27. The Hall–Kier alpha value is -0.540. The van der Waals surface area contributed by atoms with Crippen molar-refractivity contribution in [3.05, 3.63) is 27.7 Å². The zero-order valence-corrected chi connectivity index (χ0v) is 13.9. The fourth-order valence-corrected chi connectivity index (χ4v) is 5.40. The zero-order valence-electron chi connectivity index (χ0n) is 12.4. The van der Waals surface area contributed by atoms with Crippen LogP contribution in [-0.2, 0) is 12.8 Å². The number of fused-ring (bicyclic) bond motifs is 3. The van der Waals surface area contributed by atoms with Crippen LogP contribution >= 0.6 is 15.9 Å². The van der Waals surface area contributed by atoms with E-state index >= 15 is 0 Å². The van der Waals surface area contributed by atoms with Crippen LogP contribution in [0.4, 0.5) is 0 Å². The van der Waals surface area contributed by atoms with E-state index in [1.54, 1.807) is 0 Å². The maximum Gasteiger partial charge on any atom is 0.125 e. The van der Waals surface area contributed by atoms with Gasteiger partial charge in [0.2, 0.25) is 0 Å². The first kappa shape index (κ1) is 14.1. The molecular weight excluding hydrogens is 328 g/mol. The second-order valence-corrected chi connectivity index (χ2v) is 8.10. The lowest BCUT2D eigenvalue weighted by atomic mass is 9.83. The molecule has 0 radical (unpaired) electrons. The number of ether oxygens (including phenoxy) is 1. The lowest BCUT2D eigenvalue weighted by Crippen LogP contribution is -2.20. The van der Waals surface area contributed by atoms with Crippen LogP contribution in [0.15, 0.2) is 16.6 Å². The molecule has 21 heavy (non-hydrogen) atoms. The van der Waals surface area contributed by atoms with Gasteiger partial charge in [-0.3, -0.25) is 0 Å². The van der Waals surface area contributed by atoms with Crippen molar-refractivity contribution in [2.75, 3.05) is 6.61 Å². The molecule has 1 N–H and O–H groups in total. The molecule has 0 spiro atoms. The van der Waals surface area contributed by atoms with Crippen molar-refractivity contribution in [2.24, 2.45) is 17.8 Å². The molecular formula is C18H23BrO2. The predicted octanol–water partition coefficient (Wildman–Crippen LogP) is 4.11. The molecule has 4 unspecified atom stereocenters. The molecule has 1 aliphatic heterocycles. The zero-order chi connectivity index (χ0) is 14.4. The van der Waals surface area contributed by atoms with E-state index in [2.05, 4.69) is 28.1 Å². The monoisotopic (exact) mass is 350 g/mol. The first-order chi connectivity index (χ1) is 10.2. The van der Waals surface area contributed by atoms with E-state index in [0.29, 0.717) is 0 Å². The van der Waals surface area contributed by atoms with Gasteiger partial charge in [-0.25, -0.2) is 0 Å². The van der Waals surface area contributed by atoms with E-state index in [0.717, 1.165) is 53.8 Å². The van der Waals surface area contributed by atoms with Crippen LogP contribution in [0.2, 0.25) is 0 Å². The van der Waals surface area contributed by atoms with Crippen molar-refractivity contribution in [3.8, 4) is 5.75 Å². The van der Waals surface area contributed by atoms with Gasteiger partial charge in [0.25, 0.3) is 0 Å². The van der Waals surface area contributed by atoms with E-state index in [1.165, 1.54) is 36.8 Å². The Bertz CT molecular complexity index is 542. The number of benzene rings is 1. The van der Waals surface area contributed by atoms with Gasteiger partial charge in [0, 0.05) is 17.3 Å². The summed E-state index contributed by atoms with van der Waals surface area (Å²) >= 11 is 3.58. The number of halogens is 1. The summed E-state index contributed by atoms with van der Waals surface area (Å²) in [5.41, 5.74) is 2.46. The van der Waals surface area contributed by atoms with Crippen LogP contribution in [-0.4, -0.2) is 17.8 Å². The van der Waals surface area contributed by atoms with Crippen molar-refractivity contribution < 1.29 is 9.84 Å². The predicted molar refractivity (Wildman–Crippen MR) is 86.6 cm³/mol. The standard InChI is InChI=1S/C18H23BrO2/c19-16-7-13-3-4-21-18(13)15(8-16)10-17(20)9-14-6-11-1-2-12(14)5-11/h7-8,11-12,14,17,20H,1-6,9-10H2. The van der Waals surface area contributed by atoms with Gasteiger partial charge < -0.3 is 9.84 Å². The lowest BCUT2D eigenvalue weighted by molar-refractivity contribution is 0.124. The summed E-state index contributed by atoms with van der Waals surface area (Å²) < 4.78 is 6.88. The molecule has 4 atom stereocenters. The molecule has 3 aliphatic rings. The fourth-order valence-electron chi connectivity index (χ4n) is 4.85. The Morgan fingerprint density at radius 1 is 1.29 bits per heavy atom. The Morgan fingerprint density at radius 2 is 2.19 bits per heavy atom. The average Bonchev–Trinajstić information content (AvgIpc) is 3.12. The van der Waals surface area contributed by atoms with E-state index in [9.17, 15) is 5.11 Å². The Balaban J connectivity index is 1.44. The van der Waals surface area contributed by atoms with Crippen molar-refractivity contribution in [2.45, 2.75) is 51.0 Å². The molecule has 2 fully saturated rings. The maximum absolute atomic E-state index is 10.5. The molecule has 1 aromatic rings. The lowest BCUT2D eigenvalue weighted by Gasteiger charge is -2.24. The van der Waals surface area contributed by atoms with Gasteiger partial charge in [-0.05, 0) is 66.7 Å². The van der Waals surface area contributed by atoms with Crippen molar-refractivity contribution >= 4 is 15.9 Å². The Kier molecular flexibility index (Phi) is 3.74. The largest absolute Gasteiger partial charge is 0.493 e. The molecule has 4 rings (SSSR count). The third kappa shape index (κ3) is 2.75. The van der Waals surface area contributed by atoms with Crippen molar-refractivity contribution in [3.63, 3.8) is 0 Å². The quantitative estimate of drug-likeness (QED) is 0.885. The normalized spacial score (nSPS) is 31.2. The first-order valence-corrected chi connectivity index (χ1v) is 9.10. The summed E-state index contributed by atoms with van der Waals surface area (Å²) in [6.07, 6.45) is 8.09. The molecule has 0 amide bonds. The third-order valence-corrected chi connectivity index (χ3v) is 6.20. The van der Waals surface area contributed by atoms with Crippen LogP contribution in [0.3, 0.4) is 0 Å². The molecule has 2 bridgehead atoms. The third-order valence-electron chi connectivity index (χ3n) is 5.74. The minimum absolute atomic E-state index is 0.225. The van der Waals surface area contributed by atoms with Gasteiger partial charge in [-0.2, -0.15) is 0 Å². The smallest absolute Gasteiger partial charge is 0.125 e. The molecule has 0 saturated heterocycles. The summed E-state index contributed by atoms with van der Waals surface area (Å²) in [7, 11) is 0. The van der Waals surface area contributed by atoms with E-state index in [4.69, 9.17) is 4.74 Å². The molecule has 1 heterocycles. The summed E-state index contributed by atoms with van der Waals surface area (Å²) in [5, 5.41) is 10.5. The first-order valence-electron chi connectivity index (χ1n) is 8.31. The van der Waals surface area contributed by atoms with E-state index in [-0.39, 0.29) is 6.10 Å². The van der Waals surface area contributed by atoms with E-state index in [1.807, 2.05) is 0 Å². The number of rotatable bonds is 4. The highest BCUT2D eigenvalue weighted by Gasteiger charge is 2.40. The van der Waals surface area contributed by atoms with Crippen LogP contribution < -0.4 is 4.74 Å². The molecule has 3 heteroatoms. The second-order valence-electron chi connectivity index (χ2n) is 7.18. The highest BCUT2D eigenvalue weighted by atomic mass is 79.9. The topological polar surface area (TPSA) is 29.5 Å². The Morgan fingerprint density at radius 3 is 2.95 bits per heavy atom. The summed E-state index contributed by atoms with van der Waals surface area (Å²) in [5.74, 6) is 3.66. The van der Waals surface area contributed by atoms with Gasteiger partial charge >= 0.3 is 0 Å².